The average Bonchev–Trinajstić information content (AvgIpc) is 2.82. The number of carbonyl (C=O) groups excluding carboxylic acids is 3. The van der Waals surface area contributed by atoms with E-state index in [0.717, 1.165) is 29.8 Å². The first-order valence-corrected chi connectivity index (χ1v) is 11.7. The van der Waals surface area contributed by atoms with Crippen molar-refractivity contribution in [2.75, 3.05) is 6.61 Å². The van der Waals surface area contributed by atoms with Gasteiger partial charge in [0.2, 0.25) is 27.7 Å². The van der Waals surface area contributed by atoms with Gasteiger partial charge in [-0.3, -0.25) is 24.5 Å². The normalized spacial score (nSPS) is 13.8. The summed E-state index contributed by atoms with van der Waals surface area (Å²) in [4.78, 5) is 46.5. The number of amides is 3. The summed E-state index contributed by atoms with van der Waals surface area (Å²) in [6.07, 6.45) is 0.0828. The highest BCUT2D eigenvalue weighted by atomic mass is 32.2. The van der Waals surface area contributed by atoms with Crippen molar-refractivity contribution in [3.05, 3.63) is 70.3 Å². The molecule has 0 unspecified atom stereocenters. The molecular formula is C21H25N5O8S. The minimum absolute atomic E-state index is 0.0828. The average molecular weight is 508 g/mol. The fraction of sp³-hybridized carbons (Fsp3) is 0.286. The third kappa shape index (κ3) is 7.84. The third-order valence-corrected chi connectivity index (χ3v) is 6.40. The number of nitro groups is 1. The summed E-state index contributed by atoms with van der Waals surface area (Å²) in [5, 5.41) is 24.9. The highest BCUT2D eigenvalue weighted by Crippen LogP contribution is 2.16. The molecule has 3 atom stereocenters. The number of nitro benzene ring substituents is 1. The van der Waals surface area contributed by atoms with Crippen LogP contribution in [0.3, 0.4) is 0 Å². The number of primary amides is 1. The van der Waals surface area contributed by atoms with Crippen LogP contribution >= 0.6 is 0 Å². The van der Waals surface area contributed by atoms with E-state index in [2.05, 4.69) is 15.4 Å². The summed E-state index contributed by atoms with van der Waals surface area (Å²) in [7, 11) is -4.23. The number of non-ortho nitro benzene ring substituents is 1. The Labute approximate surface area is 200 Å². The van der Waals surface area contributed by atoms with Crippen LogP contribution in [0.25, 0.3) is 0 Å². The first-order chi connectivity index (χ1) is 16.4. The number of carbonyl (C=O) groups is 3. The largest absolute Gasteiger partial charge is 0.394 e. The molecule has 0 radical (unpaired) electrons. The molecule has 188 valence electrons. The Morgan fingerprint density at radius 3 is 2.09 bits per heavy atom. The van der Waals surface area contributed by atoms with Gasteiger partial charge in [-0.25, -0.2) is 8.42 Å². The lowest BCUT2D eigenvalue weighted by Gasteiger charge is -2.22. The van der Waals surface area contributed by atoms with Gasteiger partial charge in [-0.15, -0.1) is 0 Å². The second kappa shape index (κ2) is 12.0. The molecule has 0 heterocycles. The standard InChI is InChI=1S/C21H25N5O8S/c1-13(25-35(33,34)16-9-7-15(8-10-16)26(31)32)20(29)24-18(12-27)21(30)23-17(19(22)28)11-14-5-3-2-4-6-14/h2-10,13,17-18,25,27H,11-12H2,1H3,(H2,22,28)(H,23,30)(H,24,29)/t13-,17-,18-/m0/s1. The Bertz CT molecular complexity index is 1170. The highest BCUT2D eigenvalue weighted by Gasteiger charge is 2.29. The molecule has 0 bridgehead atoms. The monoisotopic (exact) mass is 507 g/mol. The zero-order valence-electron chi connectivity index (χ0n) is 18.6. The van der Waals surface area contributed by atoms with Crippen molar-refractivity contribution in [2.24, 2.45) is 5.73 Å². The topological polar surface area (TPSA) is 211 Å². The molecular weight excluding hydrogens is 482 g/mol. The van der Waals surface area contributed by atoms with E-state index in [1.165, 1.54) is 6.92 Å². The number of aliphatic hydroxyl groups is 1. The predicted octanol–water partition coefficient (Wildman–Crippen LogP) is -1.05. The Balaban J connectivity index is 2.02. The molecule has 14 heteroatoms. The summed E-state index contributed by atoms with van der Waals surface area (Å²) in [6, 6.07) is 8.72. The van der Waals surface area contributed by atoms with Crippen LogP contribution in [-0.2, 0) is 30.8 Å². The number of aliphatic hydroxyl groups excluding tert-OH is 1. The Morgan fingerprint density at radius 2 is 1.57 bits per heavy atom. The van der Waals surface area contributed by atoms with Gasteiger partial charge in [-0.05, 0) is 24.6 Å². The summed E-state index contributed by atoms with van der Waals surface area (Å²) < 4.78 is 27.0. The van der Waals surface area contributed by atoms with Crippen LogP contribution in [0.15, 0.2) is 59.5 Å². The number of benzene rings is 2. The summed E-state index contributed by atoms with van der Waals surface area (Å²) in [6.45, 7) is 0.364. The van der Waals surface area contributed by atoms with Gasteiger partial charge in [0, 0.05) is 18.6 Å². The van der Waals surface area contributed by atoms with E-state index in [9.17, 15) is 38.0 Å². The van der Waals surface area contributed by atoms with Gasteiger partial charge < -0.3 is 21.5 Å². The van der Waals surface area contributed by atoms with Crippen LogP contribution in [0.4, 0.5) is 5.69 Å². The number of sulfonamides is 1. The van der Waals surface area contributed by atoms with E-state index in [1.54, 1.807) is 30.3 Å². The van der Waals surface area contributed by atoms with Crippen molar-refractivity contribution >= 4 is 33.4 Å². The minimum atomic E-state index is -4.23. The summed E-state index contributed by atoms with van der Waals surface area (Å²) in [5.41, 5.74) is 5.76. The predicted molar refractivity (Wildman–Crippen MR) is 123 cm³/mol. The fourth-order valence-corrected chi connectivity index (χ4v) is 4.14. The molecule has 3 amide bonds. The van der Waals surface area contributed by atoms with E-state index in [-0.39, 0.29) is 17.0 Å². The lowest BCUT2D eigenvalue weighted by atomic mass is 10.1. The van der Waals surface area contributed by atoms with E-state index in [1.807, 2.05) is 0 Å². The van der Waals surface area contributed by atoms with Gasteiger partial charge in [0.05, 0.1) is 22.5 Å². The van der Waals surface area contributed by atoms with Gasteiger partial charge in [-0.1, -0.05) is 30.3 Å². The van der Waals surface area contributed by atoms with Gasteiger partial charge >= 0.3 is 0 Å². The SMILES string of the molecule is C[C@H](NS(=O)(=O)c1ccc([N+](=O)[O-])cc1)C(=O)N[C@@H](CO)C(=O)N[C@@H](Cc1ccccc1)C(N)=O. The minimum Gasteiger partial charge on any atom is -0.394 e. The van der Waals surface area contributed by atoms with Crippen molar-refractivity contribution in [2.45, 2.75) is 36.4 Å². The second-order valence-corrected chi connectivity index (χ2v) is 9.20. The number of nitrogens with one attached hydrogen (secondary N) is 3. The zero-order chi connectivity index (χ0) is 26.2. The van der Waals surface area contributed by atoms with Gasteiger partial charge in [0.1, 0.15) is 12.1 Å². The van der Waals surface area contributed by atoms with Gasteiger partial charge in [-0.2, -0.15) is 4.72 Å². The maximum absolute atomic E-state index is 12.5. The fourth-order valence-electron chi connectivity index (χ4n) is 2.94. The zero-order valence-corrected chi connectivity index (χ0v) is 19.4. The second-order valence-electron chi connectivity index (χ2n) is 7.49. The number of nitrogens with zero attached hydrogens (tertiary/aromatic N) is 1. The van der Waals surface area contributed by atoms with Crippen LogP contribution in [0.2, 0.25) is 0 Å². The van der Waals surface area contributed by atoms with E-state index in [4.69, 9.17) is 5.73 Å². The van der Waals surface area contributed by atoms with Crippen molar-refractivity contribution in [3.8, 4) is 0 Å². The first kappa shape index (κ1) is 27.4. The van der Waals surface area contributed by atoms with Crippen LogP contribution in [0.1, 0.15) is 12.5 Å². The van der Waals surface area contributed by atoms with Crippen molar-refractivity contribution in [3.63, 3.8) is 0 Å². The smallest absolute Gasteiger partial charge is 0.269 e. The molecule has 2 rings (SSSR count). The van der Waals surface area contributed by atoms with Gasteiger partial charge in [0.25, 0.3) is 5.69 Å². The molecule has 0 saturated heterocycles. The Kier molecular flexibility index (Phi) is 9.39. The number of hydrogen-bond donors (Lipinski definition) is 5. The lowest BCUT2D eigenvalue weighted by Crippen LogP contribution is -2.57. The molecule has 0 aromatic heterocycles. The molecule has 0 aliphatic carbocycles. The van der Waals surface area contributed by atoms with Crippen molar-refractivity contribution < 1.29 is 32.8 Å². The Hall–Kier alpha value is -3.88. The molecule has 0 aliphatic rings. The number of nitrogens with two attached hydrogens (primary N) is 1. The van der Waals surface area contributed by atoms with Crippen LogP contribution < -0.4 is 21.1 Å². The maximum atomic E-state index is 12.5. The molecule has 2 aromatic carbocycles. The molecule has 35 heavy (non-hydrogen) atoms. The molecule has 0 fully saturated rings. The quantitative estimate of drug-likeness (QED) is 0.176. The third-order valence-electron chi connectivity index (χ3n) is 4.84. The molecule has 13 nitrogen and oxygen atoms in total. The highest BCUT2D eigenvalue weighted by molar-refractivity contribution is 7.89. The maximum Gasteiger partial charge on any atom is 0.269 e. The molecule has 0 saturated carbocycles. The van der Waals surface area contributed by atoms with Gasteiger partial charge in [0.15, 0.2) is 0 Å². The molecule has 2 aromatic rings. The van der Waals surface area contributed by atoms with Crippen LogP contribution in [0, 0.1) is 10.1 Å². The summed E-state index contributed by atoms with van der Waals surface area (Å²) >= 11 is 0. The lowest BCUT2D eigenvalue weighted by molar-refractivity contribution is -0.384. The van der Waals surface area contributed by atoms with Crippen molar-refractivity contribution in [1.29, 1.82) is 0 Å². The first-order valence-electron chi connectivity index (χ1n) is 10.3. The number of hydrogen-bond acceptors (Lipinski definition) is 8. The van der Waals surface area contributed by atoms with Crippen LogP contribution in [0.5, 0.6) is 0 Å². The molecule has 0 aliphatic heterocycles. The Morgan fingerprint density at radius 1 is 1.00 bits per heavy atom. The van der Waals surface area contributed by atoms with Crippen molar-refractivity contribution in [1.82, 2.24) is 15.4 Å². The molecule has 6 N–H and O–H groups in total. The molecule has 0 spiro atoms. The van der Waals surface area contributed by atoms with Crippen LogP contribution in [-0.4, -0.2) is 60.9 Å². The van der Waals surface area contributed by atoms with E-state index in [0.29, 0.717) is 0 Å². The number of rotatable bonds is 12. The van der Waals surface area contributed by atoms with E-state index >= 15 is 0 Å². The summed E-state index contributed by atoms with van der Waals surface area (Å²) in [5.74, 6) is -2.66. The van der Waals surface area contributed by atoms with E-state index < -0.39 is 57.4 Å².